The highest BCUT2D eigenvalue weighted by Crippen LogP contribution is 2.21. The lowest BCUT2D eigenvalue weighted by molar-refractivity contribution is 0.00590. The van der Waals surface area contributed by atoms with Gasteiger partial charge >= 0.3 is 0 Å². The first-order chi connectivity index (χ1) is 10.5. The maximum atomic E-state index is 12.1. The fourth-order valence-electron chi connectivity index (χ4n) is 2.64. The van der Waals surface area contributed by atoms with Crippen molar-refractivity contribution in [3.8, 4) is 11.1 Å². The van der Waals surface area contributed by atoms with Crippen LogP contribution in [0.4, 0.5) is 0 Å². The van der Waals surface area contributed by atoms with Crippen LogP contribution in [0.15, 0.2) is 41.3 Å². The van der Waals surface area contributed by atoms with E-state index in [1.807, 2.05) is 18.2 Å². The number of amides is 1. The standard InChI is InChI=1S/C17H18N2O3/c1-11-7-14(8-18(2)16(11)21)12-3-5-13(6-4-12)17(22)19-9-15(20)10-19/h3-8,15,20H,9-10H2,1-2H3. The average Bonchev–Trinajstić information content (AvgIpc) is 2.48. The van der Waals surface area contributed by atoms with Gasteiger partial charge in [-0.2, -0.15) is 0 Å². The number of rotatable bonds is 2. The second-order valence-electron chi connectivity index (χ2n) is 5.77. The van der Waals surface area contributed by atoms with Gasteiger partial charge in [-0.05, 0) is 36.2 Å². The SMILES string of the molecule is Cc1cc(-c2ccc(C(=O)N3CC(O)C3)cc2)cn(C)c1=O. The molecule has 0 aliphatic carbocycles. The Morgan fingerprint density at radius 3 is 2.36 bits per heavy atom. The number of nitrogens with zero attached hydrogens (tertiary/aromatic N) is 2. The Balaban J connectivity index is 1.85. The third-order valence-corrected chi connectivity index (χ3v) is 3.98. The molecule has 22 heavy (non-hydrogen) atoms. The number of hydrogen-bond donors (Lipinski definition) is 1. The van der Waals surface area contributed by atoms with Gasteiger partial charge < -0.3 is 14.6 Å². The molecule has 0 saturated carbocycles. The molecule has 1 amide bonds. The van der Waals surface area contributed by atoms with Crippen LogP contribution in [-0.2, 0) is 7.05 Å². The lowest BCUT2D eigenvalue weighted by Gasteiger charge is -2.35. The zero-order chi connectivity index (χ0) is 15.9. The first-order valence-corrected chi connectivity index (χ1v) is 7.21. The summed E-state index contributed by atoms with van der Waals surface area (Å²) < 4.78 is 1.56. The van der Waals surface area contributed by atoms with Crippen LogP contribution in [0.3, 0.4) is 0 Å². The van der Waals surface area contributed by atoms with Gasteiger partial charge in [0.1, 0.15) is 0 Å². The van der Waals surface area contributed by atoms with Crippen LogP contribution in [0.5, 0.6) is 0 Å². The van der Waals surface area contributed by atoms with E-state index in [2.05, 4.69) is 0 Å². The van der Waals surface area contributed by atoms with Crippen LogP contribution >= 0.6 is 0 Å². The monoisotopic (exact) mass is 298 g/mol. The predicted molar refractivity (Wildman–Crippen MR) is 83.8 cm³/mol. The molecule has 1 N–H and O–H groups in total. The van der Waals surface area contributed by atoms with E-state index < -0.39 is 6.10 Å². The molecular formula is C17H18N2O3. The molecule has 0 atom stereocenters. The lowest BCUT2D eigenvalue weighted by atomic mass is 10.0. The average molecular weight is 298 g/mol. The van der Waals surface area contributed by atoms with Crippen molar-refractivity contribution in [1.82, 2.24) is 9.47 Å². The van der Waals surface area contributed by atoms with Gasteiger partial charge in [0, 0.05) is 37.5 Å². The fraction of sp³-hybridized carbons (Fsp3) is 0.294. The van der Waals surface area contributed by atoms with Gasteiger partial charge in [0.05, 0.1) is 6.10 Å². The molecule has 5 nitrogen and oxygen atoms in total. The van der Waals surface area contributed by atoms with Crippen molar-refractivity contribution in [2.24, 2.45) is 7.05 Å². The zero-order valence-corrected chi connectivity index (χ0v) is 12.6. The fourth-order valence-corrected chi connectivity index (χ4v) is 2.64. The van der Waals surface area contributed by atoms with E-state index in [-0.39, 0.29) is 11.5 Å². The number of carbonyl (C=O) groups is 1. The summed E-state index contributed by atoms with van der Waals surface area (Å²) >= 11 is 0. The Hall–Kier alpha value is -2.40. The number of benzene rings is 1. The molecule has 1 aliphatic rings. The van der Waals surface area contributed by atoms with E-state index in [0.29, 0.717) is 24.2 Å². The van der Waals surface area contributed by atoms with E-state index in [4.69, 9.17) is 0 Å². The van der Waals surface area contributed by atoms with Crippen LogP contribution in [0.2, 0.25) is 0 Å². The first kappa shape index (κ1) is 14.5. The highest BCUT2D eigenvalue weighted by atomic mass is 16.3. The molecule has 2 heterocycles. The van der Waals surface area contributed by atoms with E-state index in [1.165, 1.54) is 0 Å². The van der Waals surface area contributed by atoms with Crippen LogP contribution in [0.25, 0.3) is 11.1 Å². The minimum atomic E-state index is -0.392. The zero-order valence-electron chi connectivity index (χ0n) is 12.6. The number of aliphatic hydroxyl groups excluding tert-OH is 1. The Kier molecular flexibility index (Phi) is 3.58. The molecule has 0 unspecified atom stereocenters. The van der Waals surface area contributed by atoms with Crippen molar-refractivity contribution in [1.29, 1.82) is 0 Å². The van der Waals surface area contributed by atoms with Gasteiger partial charge in [0.25, 0.3) is 11.5 Å². The largest absolute Gasteiger partial charge is 0.389 e. The van der Waals surface area contributed by atoms with E-state index in [1.54, 1.807) is 41.8 Å². The van der Waals surface area contributed by atoms with Crippen molar-refractivity contribution >= 4 is 5.91 Å². The number of pyridine rings is 1. The molecule has 1 aromatic carbocycles. The van der Waals surface area contributed by atoms with Crippen molar-refractivity contribution in [2.75, 3.05) is 13.1 Å². The number of aliphatic hydroxyl groups is 1. The smallest absolute Gasteiger partial charge is 0.254 e. The van der Waals surface area contributed by atoms with E-state index in [9.17, 15) is 14.7 Å². The number of carbonyl (C=O) groups excluding carboxylic acids is 1. The predicted octanol–water partition coefficient (Wildman–Crippen LogP) is 1.18. The summed E-state index contributed by atoms with van der Waals surface area (Å²) in [5.74, 6) is -0.0616. The molecule has 1 saturated heterocycles. The molecule has 0 radical (unpaired) electrons. The molecule has 114 valence electrons. The number of likely N-dealkylation sites (tertiary alicyclic amines) is 1. The van der Waals surface area contributed by atoms with Crippen molar-refractivity contribution < 1.29 is 9.90 Å². The molecule has 0 spiro atoms. The van der Waals surface area contributed by atoms with E-state index >= 15 is 0 Å². The molecule has 3 rings (SSSR count). The number of aromatic nitrogens is 1. The van der Waals surface area contributed by atoms with Gasteiger partial charge in [-0.25, -0.2) is 0 Å². The van der Waals surface area contributed by atoms with Crippen molar-refractivity contribution in [2.45, 2.75) is 13.0 Å². The van der Waals surface area contributed by atoms with E-state index in [0.717, 1.165) is 11.1 Å². The minimum absolute atomic E-state index is 0.00751. The lowest BCUT2D eigenvalue weighted by Crippen LogP contribution is -2.53. The Bertz CT molecular complexity index is 745. The summed E-state index contributed by atoms with van der Waals surface area (Å²) in [6.45, 7) is 2.60. The molecule has 0 bridgehead atoms. The highest BCUT2D eigenvalue weighted by molar-refractivity contribution is 5.95. The van der Waals surface area contributed by atoms with Gasteiger partial charge in [-0.15, -0.1) is 0 Å². The number of aryl methyl sites for hydroxylation is 2. The quantitative estimate of drug-likeness (QED) is 0.905. The molecule has 2 aromatic rings. The third-order valence-electron chi connectivity index (χ3n) is 3.98. The summed E-state index contributed by atoms with van der Waals surface area (Å²) in [5.41, 5.74) is 3.19. The molecular weight excluding hydrogens is 280 g/mol. The van der Waals surface area contributed by atoms with Gasteiger partial charge in [-0.1, -0.05) is 12.1 Å². The minimum Gasteiger partial charge on any atom is -0.389 e. The second kappa shape index (κ2) is 5.42. The maximum Gasteiger partial charge on any atom is 0.254 e. The van der Waals surface area contributed by atoms with Crippen LogP contribution in [0.1, 0.15) is 15.9 Å². The Morgan fingerprint density at radius 1 is 1.18 bits per heavy atom. The number of hydrogen-bond acceptors (Lipinski definition) is 3. The highest BCUT2D eigenvalue weighted by Gasteiger charge is 2.29. The third kappa shape index (κ3) is 2.55. The first-order valence-electron chi connectivity index (χ1n) is 7.21. The molecule has 5 heteroatoms. The van der Waals surface area contributed by atoms with Gasteiger partial charge in [-0.3, -0.25) is 9.59 Å². The topological polar surface area (TPSA) is 62.5 Å². The Labute approximate surface area is 128 Å². The Morgan fingerprint density at radius 2 is 1.82 bits per heavy atom. The van der Waals surface area contributed by atoms with Crippen LogP contribution in [0, 0.1) is 6.92 Å². The molecule has 1 aliphatic heterocycles. The summed E-state index contributed by atoms with van der Waals surface area (Å²) in [4.78, 5) is 25.5. The van der Waals surface area contributed by atoms with Gasteiger partial charge in [0.15, 0.2) is 0 Å². The normalized spacial score (nSPS) is 14.8. The summed E-state index contributed by atoms with van der Waals surface area (Å²) in [6.07, 6.45) is 1.40. The van der Waals surface area contributed by atoms with Gasteiger partial charge in [0.2, 0.25) is 0 Å². The molecule has 1 aromatic heterocycles. The van der Waals surface area contributed by atoms with Crippen molar-refractivity contribution in [3.05, 3.63) is 58.0 Å². The summed E-state index contributed by atoms with van der Waals surface area (Å²) in [5, 5.41) is 9.26. The maximum absolute atomic E-state index is 12.1. The van der Waals surface area contributed by atoms with Crippen LogP contribution < -0.4 is 5.56 Å². The second-order valence-corrected chi connectivity index (χ2v) is 5.77. The molecule has 1 fully saturated rings. The number of β-amino-alcohol motifs (C(OH)–C–C–N with tert-alkyl or cyclic N) is 1. The summed E-state index contributed by atoms with van der Waals surface area (Å²) in [6, 6.07) is 9.17. The van der Waals surface area contributed by atoms with Crippen molar-refractivity contribution in [3.63, 3.8) is 0 Å². The summed E-state index contributed by atoms with van der Waals surface area (Å²) in [7, 11) is 1.73. The van der Waals surface area contributed by atoms with Crippen LogP contribution in [-0.4, -0.2) is 39.7 Å².